The highest BCUT2D eigenvalue weighted by Gasteiger charge is 2.48. The highest BCUT2D eigenvalue weighted by molar-refractivity contribution is 6.10. The summed E-state index contributed by atoms with van der Waals surface area (Å²) in [6.07, 6.45) is 3.06. The van der Waals surface area contributed by atoms with Crippen LogP contribution in [0.25, 0.3) is 0 Å². The summed E-state index contributed by atoms with van der Waals surface area (Å²) in [5, 5.41) is 3.08. The number of Topliss-reactive ketones (excluding diaryl/α,β-unsaturated/α-hetero) is 2. The van der Waals surface area contributed by atoms with Crippen molar-refractivity contribution in [3.05, 3.63) is 34.4 Å². The number of carbonyl (C=O) groups excluding carboxylic acids is 3. The SMILES string of the molecule is CC#Cc1cc(C)c(C2C(=O)CC3(CCN(C(=O)NC(C)(C)CC)CC3)CC2=O)c(C)c1. The Bertz CT molecular complexity index is 945. The van der Waals surface area contributed by atoms with Gasteiger partial charge in [0.15, 0.2) is 0 Å². The zero-order valence-electron chi connectivity index (χ0n) is 20.4. The van der Waals surface area contributed by atoms with Crippen LogP contribution in [0.1, 0.15) is 88.0 Å². The molecule has 0 unspecified atom stereocenters. The summed E-state index contributed by atoms with van der Waals surface area (Å²) in [6, 6.07) is 3.89. The zero-order valence-corrected chi connectivity index (χ0v) is 20.4. The smallest absolute Gasteiger partial charge is 0.317 e. The van der Waals surface area contributed by atoms with E-state index in [1.165, 1.54) is 0 Å². The van der Waals surface area contributed by atoms with Crippen molar-refractivity contribution in [3.8, 4) is 11.8 Å². The predicted molar refractivity (Wildman–Crippen MR) is 127 cm³/mol. The molecule has 1 aliphatic carbocycles. The van der Waals surface area contributed by atoms with Crippen LogP contribution in [0.15, 0.2) is 12.1 Å². The molecule has 1 aliphatic heterocycles. The van der Waals surface area contributed by atoms with Crippen molar-refractivity contribution in [2.45, 2.75) is 85.1 Å². The summed E-state index contributed by atoms with van der Waals surface area (Å²) in [5.74, 6) is 5.34. The average molecular weight is 437 g/mol. The van der Waals surface area contributed by atoms with Gasteiger partial charge in [0.1, 0.15) is 17.5 Å². The first kappa shape index (κ1) is 24.0. The lowest BCUT2D eigenvalue weighted by atomic mass is 9.62. The van der Waals surface area contributed by atoms with Gasteiger partial charge < -0.3 is 10.2 Å². The molecule has 0 atom stereocenters. The van der Waals surface area contributed by atoms with Crippen LogP contribution in [0.2, 0.25) is 0 Å². The maximum atomic E-state index is 13.3. The van der Waals surface area contributed by atoms with Crippen LogP contribution in [0.5, 0.6) is 0 Å². The minimum atomic E-state index is -0.670. The number of nitrogens with one attached hydrogen (secondary N) is 1. The molecule has 5 heteroatoms. The number of nitrogens with zero attached hydrogens (tertiary/aromatic N) is 1. The predicted octanol–water partition coefficient (Wildman–Crippen LogP) is 4.67. The number of hydrogen-bond acceptors (Lipinski definition) is 3. The van der Waals surface area contributed by atoms with Crippen molar-refractivity contribution >= 4 is 17.6 Å². The molecule has 1 aromatic rings. The summed E-state index contributed by atoms with van der Waals surface area (Å²) in [6.45, 7) is 13.0. The van der Waals surface area contributed by atoms with E-state index in [9.17, 15) is 14.4 Å². The van der Waals surface area contributed by atoms with Gasteiger partial charge >= 0.3 is 6.03 Å². The lowest BCUT2D eigenvalue weighted by Gasteiger charge is -2.45. The maximum Gasteiger partial charge on any atom is 0.317 e. The Morgan fingerprint density at radius 2 is 1.66 bits per heavy atom. The molecule has 0 bridgehead atoms. The Morgan fingerprint density at radius 3 is 2.12 bits per heavy atom. The largest absolute Gasteiger partial charge is 0.333 e. The summed E-state index contributed by atoms with van der Waals surface area (Å²) in [5.41, 5.74) is 3.12. The third-order valence-electron chi connectivity index (χ3n) is 7.33. The number of piperidine rings is 1. The molecule has 1 saturated carbocycles. The van der Waals surface area contributed by atoms with Crippen LogP contribution >= 0.6 is 0 Å². The van der Waals surface area contributed by atoms with Crippen molar-refractivity contribution in [1.82, 2.24) is 10.2 Å². The van der Waals surface area contributed by atoms with Crippen LogP contribution in [-0.2, 0) is 9.59 Å². The standard InChI is InChI=1S/C27H36N2O3/c1-7-9-20-14-18(3)23(19(4)15-20)24-21(30)16-27(17-22(24)31)10-12-29(13-11-27)25(32)28-26(5,6)8-2/h14-15,24H,8,10-13,16-17H2,1-6H3,(H,28,32). The van der Waals surface area contributed by atoms with Crippen LogP contribution in [0.3, 0.4) is 0 Å². The number of aryl methyl sites for hydroxylation is 2. The molecule has 0 aromatic heterocycles. The average Bonchev–Trinajstić information content (AvgIpc) is 2.70. The fraction of sp³-hybridized carbons (Fsp3) is 0.593. The van der Waals surface area contributed by atoms with E-state index >= 15 is 0 Å². The van der Waals surface area contributed by atoms with E-state index in [0.29, 0.717) is 38.8 Å². The monoisotopic (exact) mass is 436 g/mol. The molecular weight excluding hydrogens is 400 g/mol. The number of benzene rings is 1. The molecule has 1 N–H and O–H groups in total. The number of hydrogen-bond donors (Lipinski definition) is 1. The lowest BCUT2D eigenvalue weighted by Crippen LogP contribution is -2.54. The highest BCUT2D eigenvalue weighted by Crippen LogP contribution is 2.46. The molecule has 0 radical (unpaired) electrons. The first-order chi connectivity index (χ1) is 15.0. The molecule has 2 aliphatic rings. The van der Waals surface area contributed by atoms with Gasteiger partial charge in [0.05, 0.1) is 0 Å². The Hall–Kier alpha value is -2.61. The molecule has 1 aromatic carbocycles. The van der Waals surface area contributed by atoms with Crippen LogP contribution < -0.4 is 5.32 Å². The molecule has 3 rings (SSSR count). The Kier molecular flexibility index (Phi) is 6.83. The van der Waals surface area contributed by atoms with Crippen LogP contribution in [0.4, 0.5) is 4.79 Å². The van der Waals surface area contributed by atoms with E-state index in [1.807, 2.05) is 44.7 Å². The first-order valence-corrected chi connectivity index (χ1v) is 11.7. The van der Waals surface area contributed by atoms with Gasteiger partial charge in [0, 0.05) is 37.0 Å². The minimum absolute atomic E-state index is 0.0202. The number of rotatable bonds is 3. The summed E-state index contributed by atoms with van der Waals surface area (Å²) in [4.78, 5) is 41.0. The molecule has 1 saturated heterocycles. The minimum Gasteiger partial charge on any atom is -0.333 e. The van der Waals surface area contributed by atoms with Gasteiger partial charge in [-0.25, -0.2) is 4.79 Å². The fourth-order valence-corrected chi connectivity index (χ4v) is 5.15. The molecule has 172 valence electrons. The van der Waals surface area contributed by atoms with Gasteiger partial charge in [-0.3, -0.25) is 9.59 Å². The fourth-order valence-electron chi connectivity index (χ4n) is 5.15. The maximum absolute atomic E-state index is 13.3. The molecular formula is C27H36N2O3. The Morgan fingerprint density at radius 1 is 1.12 bits per heavy atom. The van der Waals surface area contributed by atoms with Crippen LogP contribution in [-0.4, -0.2) is 41.1 Å². The zero-order chi connectivity index (χ0) is 23.7. The summed E-state index contributed by atoms with van der Waals surface area (Å²) < 4.78 is 0. The molecule has 2 fully saturated rings. The van der Waals surface area contributed by atoms with Crippen molar-refractivity contribution in [3.63, 3.8) is 0 Å². The second-order valence-electron chi connectivity index (χ2n) is 10.3. The van der Waals surface area contributed by atoms with Crippen molar-refractivity contribution in [2.75, 3.05) is 13.1 Å². The first-order valence-electron chi connectivity index (χ1n) is 11.7. The third kappa shape index (κ3) is 4.90. The Balaban J connectivity index is 1.72. The number of amides is 2. The normalized spacial score (nSPS) is 19.0. The van der Waals surface area contributed by atoms with Crippen molar-refractivity contribution in [1.29, 1.82) is 0 Å². The van der Waals surface area contributed by atoms with Gasteiger partial charge in [0.25, 0.3) is 0 Å². The quantitative estimate of drug-likeness (QED) is 0.553. The molecule has 2 amide bonds. The van der Waals surface area contributed by atoms with Gasteiger partial charge in [-0.2, -0.15) is 0 Å². The second-order valence-corrected chi connectivity index (χ2v) is 10.3. The molecule has 32 heavy (non-hydrogen) atoms. The molecule has 5 nitrogen and oxygen atoms in total. The van der Waals surface area contributed by atoms with Gasteiger partial charge in [-0.1, -0.05) is 12.8 Å². The second kappa shape index (κ2) is 9.10. The van der Waals surface area contributed by atoms with Crippen molar-refractivity contribution < 1.29 is 14.4 Å². The number of carbonyl (C=O) groups is 3. The lowest BCUT2D eigenvalue weighted by molar-refractivity contribution is -0.138. The van der Waals surface area contributed by atoms with E-state index in [-0.39, 0.29) is 28.6 Å². The Labute approximate surface area is 192 Å². The molecule has 1 spiro atoms. The van der Waals surface area contributed by atoms with E-state index in [1.54, 1.807) is 6.92 Å². The molecule has 1 heterocycles. The van der Waals surface area contributed by atoms with Gasteiger partial charge in [0.2, 0.25) is 0 Å². The van der Waals surface area contributed by atoms with Crippen LogP contribution in [0, 0.1) is 31.1 Å². The topological polar surface area (TPSA) is 66.5 Å². The van der Waals surface area contributed by atoms with Gasteiger partial charge in [-0.15, -0.1) is 5.92 Å². The van der Waals surface area contributed by atoms with E-state index < -0.39 is 5.92 Å². The number of urea groups is 1. The van der Waals surface area contributed by atoms with E-state index in [2.05, 4.69) is 24.1 Å². The van der Waals surface area contributed by atoms with E-state index in [0.717, 1.165) is 28.7 Å². The third-order valence-corrected chi connectivity index (χ3v) is 7.33. The van der Waals surface area contributed by atoms with Gasteiger partial charge in [-0.05, 0) is 88.1 Å². The van der Waals surface area contributed by atoms with Crippen molar-refractivity contribution in [2.24, 2.45) is 5.41 Å². The number of ketones is 2. The summed E-state index contributed by atoms with van der Waals surface area (Å²) in [7, 11) is 0. The highest BCUT2D eigenvalue weighted by atomic mass is 16.2. The summed E-state index contributed by atoms with van der Waals surface area (Å²) >= 11 is 0. The van der Waals surface area contributed by atoms with E-state index in [4.69, 9.17) is 0 Å². The number of likely N-dealkylation sites (tertiary alicyclic amines) is 1.